The van der Waals surface area contributed by atoms with Crippen molar-refractivity contribution in [3.05, 3.63) is 41.7 Å². The second kappa shape index (κ2) is 5.23. The van der Waals surface area contributed by atoms with Crippen molar-refractivity contribution >= 4 is 5.69 Å². The Bertz CT molecular complexity index is 653. The van der Waals surface area contributed by atoms with Gasteiger partial charge in [0, 0.05) is 6.07 Å². The maximum atomic E-state index is 13.4. The number of pyridine rings is 1. The van der Waals surface area contributed by atoms with E-state index in [9.17, 15) is 4.39 Å². The number of nitriles is 1. The van der Waals surface area contributed by atoms with Crippen LogP contribution in [0.3, 0.4) is 0 Å². The van der Waals surface area contributed by atoms with Gasteiger partial charge in [0.2, 0.25) is 11.8 Å². The highest BCUT2D eigenvalue weighted by Gasteiger charge is 2.11. The molecule has 2 N–H and O–H groups in total. The first-order valence-corrected chi connectivity index (χ1v) is 5.32. The molecule has 0 unspecified atom stereocenters. The van der Waals surface area contributed by atoms with Gasteiger partial charge in [0.15, 0.2) is 0 Å². The number of aromatic nitrogens is 1. The summed E-state index contributed by atoms with van der Waals surface area (Å²) in [5.41, 5.74) is 5.79. The molecule has 5 nitrogen and oxygen atoms in total. The van der Waals surface area contributed by atoms with Crippen molar-refractivity contribution in [3.8, 4) is 23.6 Å². The molecule has 0 bridgehead atoms. The van der Waals surface area contributed by atoms with Gasteiger partial charge < -0.3 is 15.2 Å². The molecule has 2 aromatic rings. The molecule has 1 aromatic heterocycles. The number of hydrogen-bond donors (Lipinski definition) is 1. The number of benzene rings is 1. The van der Waals surface area contributed by atoms with Gasteiger partial charge in [-0.15, -0.1) is 0 Å². The Morgan fingerprint density at radius 3 is 2.79 bits per heavy atom. The second-order valence-corrected chi connectivity index (χ2v) is 3.57. The van der Waals surface area contributed by atoms with Gasteiger partial charge >= 0.3 is 0 Å². The summed E-state index contributed by atoms with van der Waals surface area (Å²) >= 11 is 0. The van der Waals surface area contributed by atoms with E-state index < -0.39 is 5.82 Å². The van der Waals surface area contributed by atoms with Gasteiger partial charge in [-0.05, 0) is 18.2 Å². The summed E-state index contributed by atoms with van der Waals surface area (Å²) in [7, 11) is 1.42. The van der Waals surface area contributed by atoms with Crippen molar-refractivity contribution in [3.63, 3.8) is 0 Å². The minimum Gasteiger partial charge on any atom is -0.479 e. The van der Waals surface area contributed by atoms with E-state index in [1.54, 1.807) is 12.1 Å². The van der Waals surface area contributed by atoms with E-state index in [-0.39, 0.29) is 23.1 Å². The number of nitrogen functional groups attached to an aromatic ring is 1. The topological polar surface area (TPSA) is 81.2 Å². The molecule has 0 atom stereocenters. The average molecular weight is 259 g/mol. The van der Waals surface area contributed by atoms with Crippen LogP contribution in [0.2, 0.25) is 0 Å². The molecule has 0 aliphatic carbocycles. The first kappa shape index (κ1) is 12.6. The quantitative estimate of drug-likeness (QED) is 0.915. The Morgan fingerprint density at radius 1 is 1.32 bits per heavy atom. The van der Waals surface area contributed by atoms with Crippen LogP contribution in [-0.4, -0.2) is 12.1 Å². The van der Waals surface area contributed by atoms with Crippen molar-refractivity contribution in [2.75, 3.05) is 12.8 Å². The predicted molar refractivity (Wildman–Crippen MR) is 66.4 cm³/mol. The average Bonchev–Trinajstić information content (AvgIpc) is 2.41. The molecule has 6 heteroatoms. The largest absolute Gasteiger partial charge is 0.479 e. The van der Waals surface area contributed by atoms with Gasteiger partial charge in [0.25, 0.3) is 0 Å². The third-order valence-electron chi connectivity index (χ3n) is 2.36. The van der Waals surface area contributed by atoms with Gasteiger partial charge in [-0.2, -0.15) is 10.2 Å². The third kappa shape index (κ3) is 2.55. The summed E-state index contributed by atoms with van der Waals surface area (Å²) in [5.74, 6) is -0.204. The molecule has 0 fully saturated rings. The molecular weight excluding hydrogens is 249 g/mol. The lowest BCUT2D eigenvalue weighted by Gasteiger charge is -2.09. The number of hydrogen-bond acceptors (Lipinski definition) is 5. The predicted octanol–water partition coefficient (Wildman–Crippen LogP) is 2.48. The lowest BCUT2D eigenvalue weighted by Crippen LogP contribution is -1.98. The zero-order chi connectivity index (χ0) is 13.8. The zero-order valence-corrected chi connectivity index (χ0v) is 10.1. The molecule has 0 spiro atoms. The summed E-state index contributed by atoms with van der Waals surface area (Å²) < 4.78 is 23.7. The van der Waals surface area contributed by atoms with E-state index >= 15 is 0 Å². The molecule has 0 radical (unpaired) electrons. The molecule has 0 aliphatic heterocycles. The minimum absolute atomic E-state index is 0.0850. The van der Waals surface area contributed by atoms with E-state index in [4.69, 9.17) is 20.5 Å². The maximum Gasteiger partial charge on any atom is 0.240 e. The number of anilines is 1. The fraction of sp³-hybridized carbons (Fsp3) is 0.0769. The fourth-order valence-corrected chi connectivity index (χ4v) is 1.47. The summed E-state index contributed by atoms with van der Waals surface area (Å²) in [6.45, 7) is 0. The zero-order valence-electron chi connectivity index (χ0n) is 10.1. The molecule has 1 aromatic carbocycles. The van der Waals surface area contributed by atoms with Gasteiger partial charge in [0.1, 0.15) is 23.2 Å². The number of ether oxygens (including phenoxy) is 2. The van der Waals surface area contributed by atoms with Crippen LogP contribution in [0.4, 0.5) is 10.1 Å². The molecule has 96 valence electrons. The van der Waals surface area contributed by atoms with Gasteiger partial charge in [0.05, 0.1) is 12.8 Å². The Balaban J connectivity index is 2.37. The molecule has 2 rings (SSSR count). The van der Waals surface area contributed by atoms with E-state index in [0.717, 1.165) is 0 Å². The molecule has 0 saturated heterocycles. The van der Waals surface area contributed by atoms with Crippen LogP contribution in [-0.2, 0) is 0 Å². The fourth-order valence-electron chi connectivity index (χ4n) is 1.47. The van der Waals surface area contributed by atoms with Gasteiger partial charge in [-0.3, -0.25) is 0 Å². The second-order valence-electron chi connectivity index (χ2n) is 3.57. The van der Waals surface area contributed by atoms with Crippen molar-refractivity contribution in [2.45, 2.75) is 0 Å². The minimum atomic E-state index is -0.651. The summed E-state index contributed by atoms with van der Waals surface area (Å²) in [6.07, 6.45) is 0. The summed E-state index contributed by atoms with van der Waals surface area (Å²) in [4.78, 5) is 3.99. The van der Waals surface area contributed by atoms with Gasteiger partial charge in [-0.25, -0.2) is 4.39 Å². The van der Waals surface area contributed by atoms with Crippen LogP contribution in [0.15, 0.2) is 30.3 Å². The van der Waals surface area contributed by atoms with Crippen LogP contribution in [0.5, 0.6) is 17.5 Å². The lowest BCUT2D eigenvalue weighted by atomic mass is 10.2. The van der Waals surface area contributed by atoms with Crippen molar-refractivity contribution in [1.29, 1.82) is 5.26 Å². The van der Waals surface area contributed by atoms with Crippen LogP contribution < -0.4 is 15.2 Å². The maximum absolute atomic E-state index is 13.4. The monoisotopic (exact) mass is 259 g/mol. The molecule has 19 heavy (non-hydrogen) atoms. The Labute approximate surface area is 109 Å². The first-order valence-electron chi connectivity index (χ1n) is 5.32. The van der Waals surface area contributed by atoms with Crippen molar-refractivity contribution in [1.82, 2.24) is 4.98 Å². The molecule has 1 heterocycles. The van der Waals surface area contributed by atoms with Crippen LogP contribution >= 0.6 is 0 Å². The number of halogens is 1. The smallest absolute Gasteiger partial charge is 0.240 e. The van der Waals surface area contributed by atoms with Gasteiger partial charge in [-0.1, -0.05) is 6.07 Å². The highest BCUT2D eigenvalue weighted by molar-refractivity contribution is 5.50. The number of nitrogens with two attached hydrogens (primary N) is 1. The number of rotatable bonds is 3. The lowest BCUT2D eigenvalue weighted by molar-refractivity contribution is 0.385. The van der Waals surface area contributed by atoms with Crippen LogP contribution in [0.1, 0.15) is 5.56 Å². The molecule has 0 saturated carbocycles. The summed E-state index contributed by atoms with van der Waals surface area (Å²) in [5, 5.41) is 8.89. The summed E-state index contributed by atoms with van der Waals surface area (Å²) in [6, 6.07) is 8.90. The van der Waals surface area contributed by atoms with E-state index in [0.29, 0.717) is 5.69 Å². The normalized spacial score (nSPS) is 9.74. The van der Waals surface area contributed by atoms with Crippen molar-refractivity contribution < 1.29 is 13.9 Å². The first-order chi connectivity index (χ1) is 9.15. The van der Waals surface area contributed by atoms with Crippen molar-refractivity contribution in [2.24, 2.45) is 0 Å². The standard InChI is InChI=1S/C13H10FN3O2/c1-18-13-10(16)5-6-12(17-13)19-11-4-2-3-9(14)8(11)7-15/h2-6H,16H2,1H3. The number of methoxy groups -OCH3 is 1. The van der Waals surface area contributed by atoms with E-state index in [1.165, 1.54) is 31.4 Å². The highest BCUT2D eigenvalue weighted by atomic mass is 19.1. The molecular formula is C13H10FN3O2. The number of nitrogens with zero attached hydrogens (tertiary/aromatic N) is 2. The van der Waals surface area contributed by atoms with Crippen LogP contribution in [0.25, 0.3) is 0 Å². The molecule has 0 aliphatic rings. The van der Waals surface area contributed by atoms with Crippen LogP contribution in [0, 0.1) is 17.1 Å². The Kier molecular flexibility index (Phi) is 3.48. The SMILES string of the molecule is COc1nc(Oc2cccc(F)c2C#N)ccc1N. The molecule has 0 amide bonds. The third-order valence-corrected chi connectivity index (χ3v) is 2.36. The van der Waals surface area contributed by atoms with E-state index in [2.05, 4.69) is 4.98 Å². The Hall–Kier alpha value is -2.81. The highest BCUT2D eigenvalue weighted by Crippen LogP contribution is 2.28. The Morgan fingerprint density at radius 2 is 2.11 bits per heavy atom. The van der Waals surface area contributed by atoms with E-state index in [1.807, 2.05) is 0 Å².